The van der Waals surface area contributed by atoms with Crippen LogP contribution in [0.4, 0.5) is 0 Å². The first-order valence-corrected chi connectivity index (χ1v) is 8.50. The average molecular weight is 350 g/mol. The third kappa shape index (κ3) is 5.01. The zero-order valence-electron chi connectivity index (χ0n) is 14.7. The second-order valence-corrected chi connectivity index (χ2v) is 6.11. The van der Waals surface area contributed by atoms with E-state index in [1.54, 1.807) is 4.90 Å². The molecular weight excluding hydrogens is 324 g/mol. The SMILES string of the molecule is CC(C)N1C(=O)CO[C@H](C(=O)NCCOCCO)[C@H]1c1ccccc1. The molecule has 0 bridgehead atoms. The molecule has 2 atom stereocenters. The van der Waals surface area contributed by atoms with E-state index >= 15 is 0 Å². The monoisotopic (exact) mass is 350 g/mol. The molecule has 2 rings (SSSR count). The summed E-state index contributed by atoms with van der Waals surface area (Å²) in [5.41, 5.74) is 0.862. The molecule has 138 valence electrons. The van der Waals surface area contributed by atoms with Gasteiger partial charge in [0.2, 0.25) is 5.91 Å². The Morgan fingerprint density at radius 2 is 2.08 bits per heavy atom. The van der Waals surface area contributed by atoms with Crippen LogP contribution >= 0.6 is 0 Å². The van der Waals surface area contributed by atoms with Gasteiger partial charge in [0.15, 0.2) is 6.10 Å². The highest BCUT2D eigenvalue weighted by Crippen LogP contribution is 2.32. The van der Waals surface area contributed by atoms with Crippen LogP contribution in [-0.4, -0.2) is 66.9 Å². The molecule has 0 spiro atoms. The molecule has 1 heterocycles. The summed E-state index contributed by atoms with van der Waals surface area (Å²) in [5, 5.41) is 11.5. The van der Waals surface area contributed by atoms with Gasteiger partial charge in [0, 0.05) is 12.6 Å². The summed E-state index contributed by atoms with van der Waals surface area (Å²) in [5.74, 6) is -0.404. The zero-order valence-corrected chi connectivity index (χ0v) is 14.7. The van der Waals surface area contributed by atoms with E-state index in [0.717, 1.165) is 5.56 Å². The lowest BCUT2D eigenvalue weighted by atomic mass is 9.96. The van der Waals surface area contributed by atoms with Crippen LogP contribution in [0.2, 0.25) is 0 Å². The average Bonchev–Trinajstić information content (AvgIpc) is 2.61. The number of hydrogen-bond donors (Lipinski definition) is 2. The molecule has 1 saturated heterocycles. The van der Waals surface area contributed by atoms with E-state index in [4.69, 9.17) is 14.6 Å². The Kier molecular flexibility index (Phi) is 7.36. The second kappa shape index (κ2) is 9.50. The van der Waals surface area contributed by atoms with Crippen molar-refractivity contribution in [2.45, 2.75) is 32.0 Å². The number of carbonyl (C=O) groups excluding carboxylic acids is 2. The molecule has 0 aromatic heterocycles. The number of amides is 2. The van der Waals surface area contributed by atoms with Gasteiger partial charge in [-0.1, -0.05) is 30.3 Å². The summed E-state index contributed by atoms with van der Waals surface area (Å²) >= 11 is 0. The molecule has 2 N–H and O–H groups in total. The summed E-state index contributed by atoms with van der Waals surface area (Å²) in [6, 6.07) is 8.92. The molecule has 1 aromatic carbocycles. The first-order valence-electron chi connectivity index (χ1n) is 8.50. The topological polar surface area (TPSA) is 88.1 Å². The Hall–Kier alpha value is -1.96. The maximum absolute atomic E-state index is 12.6. The molecule has 7 heteroatoms. The number of rotatable bonds is 8. The molecule has 2 amide bonds. The molecule has 0 radical (unpaired) electrons. The van der Waals surface area contributed by atoms with Crippen LogP contribution < -0.4 is 5.32 Å². The van der Waals surface area contributed by atoms with E-state index < -0.39 is 12.1 Å². The molecule has 1 aliphatic heterocycles. The third-order valence-corrected chi connectivity index (χ3v) is 4.00. The molecule has 25 heavy (non-hydrogen) atoms. The van der Waals surface area contributed by atoms with Crippen molar-refractivity contribution in [3.63, 3.8) is 0 Å². The quantitative estimate of drug-likeness (QED) is 0.666. The number of benzene rings is 1. The molecule has 0 unspecified atom stereocenters. The van der Waals surface area contributed by atoms with Crippen LogP contribution in [0.15, 0.2) is 30.3 Å². The summed E-state index contributed by atoms with van der Waals surface area (Å²) in [4.78, 5) is 26.7. The molecule has 1 fully saturated rings. The van der Waals surface area contributed by atoms with Crippen molar-refractivity contribution < 1.29 is 24.2 Å². The van der Waals surface area contributed by atoms with E-state index in [1.165, 1.54) is 0 Å². The fourth-order valence-corrected chi connectivity index (χ4v) is 2.96. The fourth-order valence-electron chi connectivity index (χ4n) is 2.96. The number of aliphatic hydroxyl groups excluding tert-OH is 1. The standard InChI is InChI=1S/C18H26N2O5/c1-13(2)20-15(22)12-25-17(16(20)14-6-4-3-5-7-14)18(23)19-8-10-24-11-9-21/h3-7,13,16-17,21H,8-12H2,1-2H3,(H,19,23)/t16-,17+/m1/s1. The van der Waals surface area contributed by atoms with Crippen molar-refractivity contribution in [2.75, 3.05) is 33.0 Å². The van der Waals surface area contributed by atoms with Crippen LogP contribution in [0.3, 0.4) is 0 Å². The van der Waals surface area contributed by atoms with Crippen molar-refractivity contribution in [1.82, 2.24) is 10.2 Å². The van der Waals surface area contributed by atoms with Gasteiger partial charge in [0.05, 0.1) is 25.9 Å². The Labute approximate surface area is 147 Å². The van der Waals surface area contributed by atoms with Gasteiger partial charge in [0.25, 0.3) is 5.91 Å². The predicted octanol–water partition coefficient (Wildman–Crippen LogP) is 0.489. The second-order valence-electron chi connectivity index (χ2n) is 6.11. The number of aliphatic hydroxyl groups is 1. The lowest BCUT2D eigenvalue weighted by Crippen LogP contribution is -2.56. The van der Waals surface area contributed by atoms with Crippen LogP contribution in [0.1, 0.15) is 25.5 Å². The minimum Gasteiger partial charge on any atom is -0.394 e. The summed E-state index contributed by atoms with van der Waals surface area (Å²) in [6.07, 6.45) is -0.777. The Balaban J connectivity index is 2.13. The maximum atomic E-state index is 12.6. The van der Waals surface area contributed by atoms with Gasteiger partial charge in [-0.25, -0.2) is 0 Å². The van der Waals surface area contributed by atoms with E-state index in [9.17, 15) is 9.59 Å². The number of nitrogens with zero attached hydrogens (tertiary/aromatic N) is 1. The van der Waals surface area contributed by atoms with Gasteiger partial charge in [-0.2, -0.15) is 0 Å². The molecule has 0 aliphatic carbocycles. The highest BCUT2D eigenvalue weighted by molar-refractivity contribution is 5.86. The van der Waals surface area contributed by atoms with Crippen molar-refractivity contribution in [2.24, 2.45) is 0 Å². The van der Waals surface area contributed by atoms with Gasteiger partial charge in [-0.05, 0) is 19.4 Å². The molecule has 7 nitrogen and oxygen atoms in total. The molecule has 0 saturated carbocycles. The van der Waals surface area contributed by atoms with E-state index in [-0.39, 0.29) is 37.7 Å². The van der Waals surface area contributed by atoms with Crippen molar-refractivity contribution in [3.05, 3.63) is 35.9 Å². The first-order chi connectivity index (χ1) is 12.1. The number of carbonyl (C=O) groups is 2. The van der Waals surface area contributed by atoms with Gasteiger partial charge in [-0.15, -0.1) is 0 Å². The molecule has 1 aliphatic rings. The van der Waals surface area contributed by atoms with Crippen molar-refractivity contribution in [1.29, 1.82) is 0 Å². The number of hydrogen-bond acceptors (Lipinski definition) is 5. The molecule has 1 aromatic rings. The number of ether oxygens (including phenoxy) is 2. The van der Waals surface area contributed by atoms with Crippen LogP contribution in [0.25, 0.3) is 0 Å². The van der Waals surface area contributed by atoms with E-state index in [2.05, 4.69) is 5.32 Å². The van der Waals surface area contributed by atoms with E-state index in [0.29, 0.717) is 13.2 Å². The lowest BCUT2D eigenvalue weighted by Gasteiger charge is -2.42. The smallest absolute Gasteiger partial charge is 0.251 e. The van der Waals surface area contributed by atoms with Crippen LogP contribution in [0.5, 0.6) is 0 Å². The highest BCUT2D eigenvalue weighted by Gasteiger charge is 2.42. The van der Waals surface area contributed by atoms with Gasteiger partial charge < -0.3 is 24.8 Å². The molecular formula is C18H26N2O5. The third-order valence-electron chi connectivity index (χ3n) is 4.00. The number of morpholine rings is 1. The minimum atomic E-state index is -0.777. The van der Waals surface area contributed by atoms with Crippen LogP contribution in [-0.2, 0) is 19.1 Å². The summed E-state index contributed by atoms with van der Waals surface area (Å²) in [7, 11) is 0. The van der Waals surface area contributed by atoms with E-state index in [1.807, 2.05) is 44.2 Å². The zero-order chi connectivity index (χ0) is 18.2. The minimum absolute atomic E-state index is 0.0511. The summed E-state index contributed by atoms with van der Waals surface area (Å²) < 4.78 is 10.7. The van der Waals surface area contributed by atoms with Crippen molar-refractivity contribution in [3.8, 4) is 0 Å². The largest absolute Gasteiger partial charge is 0.394 e. The maximum Gasteiger partial charge on any atom is 0.251 e. The normalized spacial score (nSPS) is 20.8. The fraction of sp³-hybridized carbons (Fsp3) is 0.556. The Morgan fingerprint density at radius 1 is 1.36 bits per heavy atom. The van der Waals surface area contributed by atoms with Crippen molar-refractivity contribution >= 4 is 11.8 Å². The predicted molar refractivity (Wildman–Crippen MR) is 91.8 cm³/mol. The first kappa shape index (κ1) is 19.4. The highest BCUT2D eigenvalue weighted by atomic mass is 16.5. The number of nitrogens with one attached hydrogen (secondary N) is 1. The van der Waals surface area contributed by atoms with Gasteiger partial charge in [0.1, 0.15) is 6.61 Å². The Bertz CT molecular complexity index is 564. The van der Waals surface area contributed by atoms with Gasteiger partial charge in [-0.3, -0.25) is 9.59 Å². The van der Waals surface area contributed by atoms with Gasteiger partial charge >= 0.3 is 0 Å². The van der Waals surface area contributed by atoms with Crippen LogP contribution in [0, 0.1) is 0 Å². The lowest BCUT2D eigenvalue weighted by molar-refractivity contribution is -0.167. The Morgan fingerprint density at radius 3 is 2.72 bits per heavy atom. The summed E-state index contributed by atoms with van der Waals surface area (Å²) in [6.45, 7) is 4.55.